The number of nitrogens with zero attached hydrogens (tertiary/aromatic N) is 1. The number of carbonyl (C=O) groups excluding carboxylic acids is 2. The van der Waals surface area contributed by atoms with Crippen LogP contribution in [0.1, 0.15) is 10.4 Å². The molecule has 0 aliphatic carbocycles. The van der Waals surface area contributed by atoms with E-state index < -0.39 is 0 Å². The van der Waals surface area contributed by atoms with Gasteiger partial charge in [-0.1, -0.05) is 11.6 Å². The maximum Gasteiger partial charge on any atom is 0.316 e. The van der Waals surface area contributed by atoms with Crippen molar-refractivity contribution in [3.05, 3.63) is 28.8 Å². The lowest BCUT2D eigenvalue weighted by molar-refractivity contribution is 0.0953. The molecule has 0 saturated heterocycles. The molecule has 0 bridgehead atoms. The summed E-state index contributed by atoms with van der Waals surface area (Å²) in [5, 5.41) is 5.68. The van der Waals surface area contributed by atoms with Crippen LogP contribution >= 0.6 is 24.2 Å². The third-order valence-electron chi connectivity index (χ3n) is 2.29. The number of rotatable bonds is 4. The molecule has 0 unspecified atom stereocenters. The Morgan fingerprint density at radius 2 is 1.89 bits per heavy atom. The van der Waals surface area contributed by atoms with Gasteiger partial charge in [0.25, 0.3) is 5.91 Å². The van der Waals surface area contributed by atoms with Crippen molar-refractivity contribution in [1.82, 2.24) is 15.5 Å². The van der Waals surface area contributed by atoms with Crippen LogP contribution in [0.5, 0.6) is 0 Å². The Morgan fingerprint density at radius 3 is 2.53 bits per heavy atom. The predicted octanol–water partition coefficient (Wildman–Crippen LogP) is 1.63. The van der Waals surface area contributed by atoms with Gasteiger partial charge in [0.15, 0.2) is 0 Å². The Balaban J connectivity index is 2.44. The minimum absolute atomic E-state index is 0.204. The van der Waals surface area contributed by atoms with Crippen LogP contribution in [0.15, 0.2) is 23.1 Å². The Labute approximate surface area is 122 Å². The van der Waals surface area contributed by atoms with Crippen LogP contribution in [0.4, 0.5) is 4.79 Å². The normalized spacial score (nSPS) is 9.89. The molecule has 0 atom stereocenters. The van der Waals surface area contributed by atoms with Crippen LogP contribution in [0.2, 0.25) is 5.02 Å². The number of carbonyl (C=O) groups is 2. The van der Waals surface area contributed by atoms with Gasteiger partial charge < -0.3 is 15.5 Å². The summed E-state index contributed by atoms with van der Waals surface area (Å²) in [5.41, 5.74) is 0.369. The quantitative estimate of drug-likeness (QED) is 0.585. The Bertz CT molecular complexity index is 480. The average Bonchev–Trinajstić information content (AvgIpc) is 2.36. The van der Waals surface area contributed by atoms with Gasteiger partial charge in [-0.15, -0.1) is 12.6 Å². The monoisotopic (exact) mass is 301 g/mol. The molecule has 0 heterocycles. The molecule has 0 radical (unpaired) electrons. The van der Waals surface area contributed by atoms with Gasteiger partial charge in [-0.3, -0.25) is 4.79 Å². The molecule has 5 nitrogen and oxygen atoms in total. The van der Waals surface area contributed by atoms with Crippen molar-refractivity contribution in [3.8, 4) is 0 Å². The minimum atomic E-state index is -0.292. The van der Waals surface area contributed by atoms with E-state index in [1.165, 1.54) is 4.90 Å². The highest BCUT2D eigenvalue weighted by Gasteiger charge is 2.10. The molecule has 0 aromatic heterocycles. The van der Waals surface area contributed by atoms with E-state index in [1.54, 1.807) is 32.3 Å². The number of urea groups is 1. The van der Waals surface area contributed by atoms with Gasteiger partial charge in [-0.05, 0) is 18.2 Å². The minimum Gasteiger partial charge on any atom is -0.350 e. The standard InChI is InChI=1S/C12H16ClN3O2S/c1-16(2)12(18)15-6-5-14-11(17)9-7-8(19)3-4-10(9)13/h3-4,7,19H,5-6H2,1-2H3,(H,14,17)(H,15,18). The Morgan fingerprint density at radius 1 is 1.26 bits per heavy atom. The fraction of sp³-hybridized carbons (Fsp3) is 0.333. The third-order valence-corrected chi connectivity index (χ3v) is 2.90. The summed E-state index contributed by atoms with van der Waals surface area (Å²) >= 11 is 10.1. The molecule has 0 saturated carbocycles. The van der Waals surface area contributed by atoms with Crippen LogP contribution in [-0.2, 0) is 0 Å². The number of nitrogens with one attached hydrogen (secondary N) is 2. The molecule has 2 N–H and O–H groups in total. The van der Waals surface area contributed by atoms with E-state index in [9.17, 15) is 9.59 Å². The predicted molar refractivity (Wildman–Crippen MR) is 78.1 cm³/mol. The second kappa shape index (κ2) is 7.25. The highest BCUT2D eigenvalue weighted by molar-refractivity contribution is 7.80. The van der Waals surface area contributed by atoms with Gasteiger partial charge in [0.2, 0.25) is 0 Å². The van der Waals surface area contributed by atoms with E-state index in [0.29, 0.717) is 28.6 Å². The first-order chi connectivity index (χ1) is 8.91. The number of halogens is 1. The fourth-order valence-electron chi connectivity index (χ4n) is 1.29. The van der Waals surface area contributed by atoms with E-state index >= 15 is 0 Å². The van der Waals surface area contributed by atoms with E-state index in [4.69, 9.17) is 11.6 Å². The molecule has 0 aliphatic heterocycles. The van der Waals surface area contributed by atoms with Gasteiger partial charge in [-0.25, -0.2) is 4.79 Å². The number of thiol groups is 1. The molecular formula is C12H16ClN3O2S. The summed E-state index contributed by atoms with van der Waals surface area (Å²) in [6, 6.07) is 4.72. The highest BCUT2D eigenvalue weighted by atomic mass is 35.5. The summed E-state index contributed by atoms with van der Waals surface area (Å²) in [4.78, 5) is 25.2. The van der Waals surface area contributed by atoms with Crippen molar-refractivity contribution in [1.29, 1.82) is 0 Å². The maximum atomic E-state index is 11.8. The van der Waals surface area contributed by atoms with E-state index in [1.807, 2.05) is 0 Å². The summed E-state index contributed by atoms with van der Waals surface area (Å²) < 4.78 is 0. The lowest BCUT2D eigenvalue weighted by Gasteiger charge is -2.12. The van der Waals surface area contributed by atoms with Crippen molar-refractivity contribution >= 4 is 36.2 Å². The SMILES string of the molecule is CN(C)C(=O)NCCNC(=O)c1cc(S)ccc1Cl. The molecule has 0 aliphatic rings. The van der Waals surface area contributed by atoms with Crippen molar-refractivity contribution in [2.45, 2.75) is 4.90 Å². The van der Waals surface area contributed by atoms with Crippen LogP contribution in [0.25, 0.3) is 0 Å². The Hall–Kier alpha value is -1.40. The second-order valence-electron chi connectivity index (χ2n) is 4.05. The zero-order valence-corrected chi connectivity index (χ0v) is 12.4. The topological polar surface area (TPSA) is 61.4 Å². The van der Waals surface area contributed by atoms with Crippen molar-refractivity contribution in [3.63, 3.8) is 0 Å². The van der Waals surface area contributed by atoms with Gasteiger partial charge in [0.05, 0.1) is 10.6 Å². The number of hydrogen-bond acceptors (Lipinski definition) is 3. The zero-order valence-electron chi connectivity index (χ0n) is 10.7. The smallest absolute Gasteiger partial charge is 0.316 e. The molecule has 0 fully saturated rings. The molecular weight excluding hydrogens is 286 g/mol. The Kier molecular flexibility index (Phi) is 5.98. The lowest BCUT2D eigenvalue weighted by atomic mass is 10.2. The number of amides is 3. The molecule has 7 heteroatoms. The highest BCUT2D eigenvalue weighted by Crippen LogP contribution is 2.19. The third kappa shape index (κ3) is 5.00. The number of benzene rings is 1. The molecule has 3 amide bonds. The first kappa shape index (κ1) is 15.7. The van der Waals surface area contributed by atoms with E-state index in [2.05, 4.69) is 23.3 Å². The maximum absolute atomic E-state index is 11.8. The first-order valence-electron chi connectivity index (χ1n) is 5.63. The fourth-order valence-corrected chi connectivity index (χ4v) is 1.69. The number of hydrogen-bond donors (Lipinski definition) is 3. The van der Waals surface area contributed by atoms with Gasteiger partial charge >= 0.3 is 6.03 Å². The summed E-state index contributed by atoms with van der Waals surface area (Å²) in [6.07, 6.45) is 0. The first-order valence-corrected chi connectivity index (χ1v) is 6.46. The van der Waals surface area contributed by atoms with Gasteiger partial charge in [-0.2, -0.15) is 0 Å². The lowest BCUT2D eigenvalue weighted by Crippen LogP contribution is -2.39. The molecule has 1 aromatic carbocycles. The van der Waals surface area contributed by atoms with Crippen LogP contribution in [0.3, 0.4) is 0 Å². The summed E-state index contributed by atoms with van der Waals surface area (Å²) in [7, 11) is 3.29. The van der Waals surface area contributed by atoms with Gasteiger partial charge in [0, 0.05) is 32.1 Å². The van der Waals surface area contributed by atoms with Gasteiger partial charge in [0.1, 0.15) is 0 Å². The molecule has 1 rings (SSSR count). The summed E-state index contributed by atoms with van der Waals surface area (Å²) in [5.74, 6) is -0.292. The molecule has 0 spiro atoms. The van der Waals surface area contributed by atoms with Crippen LogP contribution in [0, 0.1) is 0 Å². The van der Waals surface area contributed by atoms with Crippen molar-refractivity contribution in [2.24, 2.45) is 0 Å². The molecule has 104 valence electrons. The van der Waals surface area contributed by atoms with Crippen molar-refractivity contribution < 1.29 is 9.59 Å². The summed E-state index contributed by atoms with van der Waals surface area (Å²) in [6.45, 7) is 0.673. The molecule has 1 aromatic rings. The zero-order chi connectivity index (χ0) is 14.4. The largest absolute Gasteiger partial charge is 0.350 e. The average molecular weight is 302 g/mol. The van der Waals surface area contributed by atoms with E-state index in [-0.39, 0.29) is 11.9 Å². The van der Waals surface area contributed by atoms with E-state index in [0.717, 1.165) is 0 Å². The molecule has 19 heavy (non-hydrogen) atoms. The van der Waals surface area contributed by atoms with Crippen LogP contribution in [-0.4, -0.2) is 44.0 Å². The van der Waals surface area contributed by atoms with Crippen LogP contribution < -0.4 is 10.6 Å². The van der Waals surface area contributed by atoms with Crippen molar-refractivity contribution in [2.75, 3.05) is 27.2 Å². The second-order valence-corrected chi connectivity index (χ2v) is 4.97.